The second-order valence-corrected chi connectivity index (χ2v) is 8.63. The molecule has 2 aromatic rings. The molecule has 0 bridgehead atoms. The first-order valence-corrected chi connectivity index (χ1v) is 10.3. The summed E-state index contributed by atoms with van der Waals surface area (Å²) in [4.78, 5) is 24.4. The fourth-order valence-corrected chi connectivity index (χ4v) is 3.38. The highest BCUT2D eigenvalue weighted by Crippen LogP contribution is 2.27. The highest BCUT2D eigenvalue weighted by atomic mass is 32.2. The molecule has 0 saturated heterocycles. The number of carbonyl (C=O) groups excluding carboxylic acids is 2. The van der Waals surface area contributed by atoms with Gasteiger partial charge < -0.3 is 10.4 Å². The third-order valence-corrected chi connectivity index (χ3v) is 6.12. The normalized spacial score (nSPS) is 11.2. The van der Waals surface area contributed by atoms with Crippen LogP contribution in [-0.4, -0.2) is 31.0 Å². The Labute approximate surface area is 159 Å². The van der Waals surface area contributed by atoms with Crippen LogP contribution in [0.2, 0.25) is 0 Å². The van der Waals surface area contributed by atoms with Crippen molar-refractivity contribution in [2.75, 3.05) is 11.1 Å². The quantitative estimate of drug-likeness (QED) is 0.558. The summed E-state index contributed by atoms with van der Waals surface area (Å²) < 4.78 is 23.9. The van der Waals surface area contributed by atoms with Crippen LogP contribution in [0.25, 0.3) is 0 Å². The lowest BCUT2D eigenvalue weighted by Gasteiger charge is -2.10. The first-order valence-electron chi connectivity index (χ1n) is 8.60. The first kappa shape index (κ1) is 20.6. The van der Waals surface area contributed by atoms with Gasteiger partial charge in [0, 0.05) is 18.4 Å². The van der Waals surface area contributed by atoms with E-state index in [0.717, 1.165) is 11.1 Å². The number of aromatic hydroxyl groups is 1. The molecule has 1 amide bonds. The Hall–Kier alpha value is -2.67. The number of sulfone groups is 1. The minimum Gasteiger partial charge on any atom is -0.506 e. The zero-order valence-electron chi connectivity index (χ0n) is 15.6. The molecule has 2 aromatic carbocycles. The molecule has 0 unspecified atom stereocenters. The lowest BCUT2D eigenvalue weighted by molar-refractivity contribution is -0.116. The van der Waals surface area contributed by atoms with Crippen LogP contribution >= 0.6 is 0 Å². The van der Waals surface area contributed by atoms with Crippen molar-refractivity contribution in [3.05, 3.63) is 53.1 Å². The van der Waals surface area contributed by atoms with Gasteiger partial charge >= 0.3 is 0 Å². The van der Waals surface area contributed by atoms with Crippen LogP contribution in [0.1, 0.15) is 41.3 Å². The molecule has 2 rings (SSSR count). The largest absolute Gasteiger partial charge is 0.506 e. The van der Waals surface area contributed by atoms with Gasteiger partial charge in [-0.05, 0) is 49.2 Å². The number of Topliss-reactive ketones (excluding diaryl/α,β-unsaturated/α-hetero) is 1. The van der Waals surface area contributed by atoms with Crippen LogP contribution < -0.4 is 5.32 Å². The average molecular weight is 389 g/mol. The van der Waals surface area contributed by atoms with E-state index in [4.69, 9.17) is 0 Å². The molecule has 0 atom stereocenters. The van der Waals surface area contributed by atoms with E-state index in [1.165, 1.54) is 25.1 Å². The third-order valence-electron chi connectivity index (χ3n) is 4.39. The number of amides is 1. The minimum absolute atomic E-state index is 0.00755. The van der Waals surface area contributed by atoms with Crippen molar-refractivity contribution in [3.63, 3.8) is 0 Å². The summed E-state index contributed by atoms with van der Waals surface area (Å²) in [6.07, 6.45) is -0.0575. The van der Waals surface area contributed by atoms with E-state index in [9.17, 15) is 23.1 Å². The van der Waals surface area contributed by atoms with Crippen molar-refractivity contribution in [1.82, 2.24) is 0 Å². The van der Waals surface area contributed by atoms with E-state index >= 15 is 0 Å². The SMILES string of the molecule is CCS(=O)(=O)c1ccc(O)c(NC(=O)CCC(=O)c2ccc(C)c(C)c2)c1. The lowest BCUT2D eigenvalue weighted by Crippen LogP contribution is -2.14. The van der Waals surface area contributed by atoms with Gasteiger partial charge in [0.25, 0.3) is 0 Å². The molecule has 27 heavy (non-hydrogen) atoms. The molecule has 0 heterocycles. The van der Waals surface area contributed by atoms with Crippen LogP contribution in [0.15, 0.2) is 41.3 Å². The van der Waals surface area contributed by atoms with Crippen LogP contribution in [0.4, 0.5) is 5.69 Å². The number of benzene rings is 2. The van der Waals surface area contributed by atoms with Gasteiger partial charge in [-0.3, -0.25) is 9.59 Å². The Balaban J connectivity index is 2.04. The van der Waals surface area contributed by atoms with Crippen molar-refractivity contribution in [2.45, 2.75) is 38.5 Å². The standard InChI is InChI=1S/C20H23NO5S/c1-4-27(25,26)16-7-8-19(23)17(12-16)21-20(24)10-9-18(22)15-6-5-13(2)14(3)11-15/h5-8,11-12,23H,4,9-10H2,1-3H3,(H,21,24). The number of ketones is 1. The number of hydrogen-bond donors (Lipinski definition) is 2. The van der Waals surface area contributed by atoms with Crippen molar-refractivity contribution in [3.8, 4) is 5.75 Å². The second-order valence-electron chi connectivity index (χ2n) is 6.35. The van der Waals surface area contributed by atoms with Gasteiger partial charge in [-0.2, -0.15) is 0 Å². The second kappa shape index (κ2) is 8.35. The van der Waals surface area contributed by atoms with E-state index in [1.54, 1.807) is 12.1 Å². The zero-order chi connectivity index (χ0) is 20.2. The molecule has 144 valence electrons. The van der Waals surface area contributed by atoms with Gasteiger partial charge in [-0.15, -0.1) is 0 Å². The van der Waals surface area contributed by atoms with E-state index in [0.29, 0.717) is 5.56 Å². The number of rotatable bonds is 7. The monoisotopic (exact) mass is 389 g/mol. The summed E-state index contributed by atoms with van der Waals surface area (Å²) in [6.45, 7) is 5.38. The summed E-state index contributed by atoms with van der Waals surface area (Å²) in [6, 6.07) is 9.11. The average Bonchev–Trinajstić information content (AvgIpc) is 2.63. The fourth-order valence-electron chi connectivity index (χ4n) is 2.47. The van der Waals surface area contributed by atoms with Crippen LogP contribution in [0.3, 0.4) is 0 Å². The molecular formula is C20H23NO5S. The van der Waals surface area contributed by atoms with Gasteiger partial charge in [-0.1, -0.05) is 19.1 Å². The third kappa shape index (κ3) is 5.17. The summed E-state index contributed by atoms with van der Waals surface area (Å²) in [7, 11) is -3.46. The Bertz CT molecular complexity index is 980. The molecule has 0 spiro atoms. The molecular weight excluding hydrogens is 366 g/mol. The van der Waals surface area contributed by atoms with Crippen molar-refractivity contribution < 1.29 is 23.1 Å². The van der Waals surface area contributed by atoms with E-state index in [1.807, 2.05) is 19.9 Å². The highest BCUT2D eigenvalue weighted by Gasteiger charge is 2.16. The summed E-state index contributed by atoms with van der Waals surface area (Å²) >= 11 is 0. The number of aryl methyl sites for hydroxylation is 2. The molecule has 2 N–H and O–H groups in total. The lowest BCUT2D eigenvalue weighted by atomic mass is 10.0. The van der Waals surface area contributed by atoms with E-state index in [2.05, 4.69) is 5.32 Å². The molecule has 0 aliphatic heterocycles. The van der Waals surface area contributed by atoms with Gasteiger partial charge in [-0.25, -0.2) is 8.42 Å². The van der Waals surface area contributed by atoms with E-state index < -0.39 is 15.7 Å². The Morgan fingerprint density at radius 2 is 1.70 bits per heavy atom. The number of hydrogen-bond acceptors (Lipinski definition) is 5. The molecule has 6 nitrogen and oxygen atoms in total. The van der Waals surface area contributed by atoms with Crippen LogP contribution in [-0.2, 0) is 14.6 Å². The molecule has 0 aliphatic carbocycles. The summed E-state index contributed by atoms with van der Waals surface area (Å²) in [5.74, 6) is -0.956. The zero-order valence-corrected chi connectivity index (χ0v) is 16.4. The summed E-state index contributed by atoms with van der Waals surface area (Å²) in [5, 5.41) is 12.3. The van der Waals surface area contributed by atoms with Crippen LogP contribution in [0, 0.1) is 13.8 Å². The number of nitrogens with one attached hydrogen (secondary N) is 1. The fraction of sp³-hybridized carbons (Fsp3) is 0.300. The van der Waals surface area contributed by atoms with Crippen molar-refractivity contribution >= 4 is 27.2 Å². The molecule has 0 saturated carbocycles. The molecule has 7 heteroatoms. The maximum absolute atomic E-state index is 12.2. The van der Waals surface area contributed by atoms with E-state index in [-0.39, 0.29) is 40.7 Å². The van der Waals surface area contributed by atoms with Gasteiger partial charge in [0.1, 0.15) is 5.75 Å². The number of phenols is 1. The van der Waals surface area contributed by atoms with Crippen molar-refractivity contribution in [2.24, 2.45) is 0 Å². The predicted molar refractivity (Wildman–Crippen MR) is 104 cm³/mol. The van der Waals surface area contributed by atoms with Gasteiger partial charge in [0.2, 0.25) is 5.91 Å². The molecule has 0 aliphatic rings. The molecule has 0 fully saturated rings. The maximum atomic E-state index is 12.2. The van der Waals surface area contributed by atoms with Crippen LogP contribution in [0.5, 0.6) is 5.75 Å². The summed E-state index contributed by atoms with van der Waals surface area (Å²) in [5.41, 5.74) is 2.64. The van der Waals surface area contributed by atoms with Gasteiger partial charge in [0.05, 0.1) is 16.3 Å². The van der Waals surface area contributed by atoms with Gasteiger partial charge in [0.15, 0.2) is 15.6 Å². The van der Waals surface area contributed by atoms with Crippen molar-refractivity contribution in [1.29, 1.82) is 0 Å². The first-order chi connectivity index (χ1) is 12.6. The molecule has 0 radical (unpaired) electrons. The smallest absolute Gasteiger partial charge is 0.224 e. The maximum Gasteiger partial charge on any atom is 0.224 e. The number of phenolic OH excluding ortho intramolecular Hbond substituents is 1. The minimum atomic E-state index is -3.46. The Morgan fingerprint density at radius 3 is 2.33 bits per heavy atom. The highest BCUT2D eigenvalue weighted by molar-refractivity contribution is 7.91. The predicted octanol–water partition coefficient (Wildman–Crippen LogP) is 3.40. The molecule has 0 aromatic heterocycles. The Morgan fingerprint density at radius 1 is 1.00 bits per heavy atom. The number of anilines is 1. The number of carbonyl (C=O) groups is 2. The Kier molecular flexibility index (Phi) is 6.38. The topological polar surface area (TPSA) is 101 Å².